The predicted molar refractivity (Wildman–Crippen MR) is 88.4 cm³/mol. The fourth-order valence-electron chi connectivity index (χ4n) is 2.37. The summed E-state index contributed by atoms with van der Waals surface area (Å²) < 4.78 is 12.5. The molecular formula is C16H30NO2P. The zero-order chi connectivity index (χ0) is 15.6. The van der Waals surface area contributed by atoms with Gasteiger partial charge in [0.25, 0.3) is 0 Å². The molecular weight excluding hydrogens is 269 g/mol. The number of nitrogens with one attached hydrogen (secondary N) is 1. The van der Waals surface area contributed by atoms with E-state index >= 15 is 0 Å². The van der Waals surface area contributed by atoms with Gasteiger partial charge in [0.15, 0.2) is 0 Å². The van der Waals surface area contributed by atoms with Crippen LogP contribution in [0.5, 0.6) is 0 Å². The van der Waals surface area contributed by atoms with Gasteiger partial charge in [-0.3, -0.25) is 4.57 Å². The fraction of sp³-hybridized carbons (Fsp3) is 0.625. The maximum atomic E-state index is 12.5. The van der Waals surface area contributed by atoms with Crippen molar-refractivity contribution in [2.24, 2.45) is 5.92 Å². The number of hydrogen-bond acceptors (Lipinski definition) is 2. The van der Waals surface area contributed by atoms with Gasteiger partial charge in [0, 0.05) is 6.16 Å². The Balaban J connectivity index is 0.00000172. The maximum absolute atomic E-state index is 12.5. The van der Waals surface area contributed by atoms with Gasteiger partial charge >= 0.3 is 0 Å². The number of hydrogen-bond donors (Lipinski definition) is 2. The number of benzene rings is 1. The lowest BCUT2D eigenvalue weighted by molar-refractivity contribution is 0.437. The summed E-state index contributed by atoms with van der Waals surface area (Å²) in [6.45, 7) is 8.15. The van der Waals surface area contributed by atoms with Gasteiger partial charge in [-0.25, -0.2) is 0 Å². The van der Waals surface area contributed by atoms with Crippen molar-refractivity contribution in [2.75, 3.05) is 13.2 Å². The zero-order valence-corrected chi connectivity index (χ0v) is 14.4. The summed E-state index contributed by atoms with van der Waals surface area (Å²) >= 11 is 0. The van der Waals surface area contributed by atoms with E-state index in [0.29, 0.717) is 6.16 Å². The summed E-state index contributed by atoms with van der Waals surface area (Å²) in [6, 6.07) is 9.51. The molecule has 0 bridgehead atoms. The van der Waals surface area contributed by atoms with Crippen molar-refractivity contribution < 1.29 is 9.46 Å². The Kier molecular flexibility index (Phi) is 9.83. The summed E-state index contributed by atoms with van der Waals surface area (Å²) in [7, 11) is -1.48. The van der Waals surface area contributed by atoms with Crippen molar-refractivity contribution in [3.63, 3.8) is 0 Å². The second-order valence-corrected chi connectivity index (χ2v) is 7.33. The van der Waals surface area contributed by atoms with Crippen LogP contribution < -0.4 is 5.32 Å². The van der Waals surface area contributed by atoms with E-state index in [1.807, 2.05) is 51.1 Å². The molecule has 0 aliphatic heterocycles. The molecule has 1 rings (SSSR count). The summed E-state index contributed by atoms with van der Waals surface area (Å²) in [6.07, 6.45) is 2.42. The third-order valence-corrected chi connectivity index (χ3v) is 5.66. The van der Waals surface area contributed by atoms with Crippen molar-refractivity contribution in [1.82, 2.24) is 5.32 Å². The summed E-state index contributed by atoms with van der Waals surface area (Å²) in [5.41, 5.74) is 0.884. The first kappa shape index (κ1) is 19.4. The Bertz CT molecular complexity index is 395. The van der Waals surface area contributed by atoms with Crippen LogP contribution >= 0.6 is 7.37 Å². The van der Waals surface area contributed by atoms with Crippen LogP contribution in [0.3, 0.4) is 0 Å². The van der Waals surface area contributed by atoms with E-state index in [-0.39, 0.29) is 5.92 Å². The quantitative estimate of drug-likeness (QED) is 0.721. The Hall–Kier alpha value is -0.630. The molecule has 0 amide bonds. The van der Waals surface area contributed by atoms with Crippen molar-refractivity contribution in [2.45, 2.75) is 46.3 Å². The minimum atomic E-state index is -3.22. The minimum Gasteiger partial charge on any atom is -0.343 e. The van der Waals surface area contributed by atoms with Gasteiger partial charge < -0.3 is 10.2 Å². The fourth-order valence-corrected chi connectivity index (χ4v) is 4.70. The Morgan fingerprint density at radius 2 is 1.80 bits per heavy atom. The van der Waals surface area contributed by atoms with Gasteiger partial charge in [0.2, 0.25) is 7.37 Å². The van der Waals surface area contributed by atoms with Crippen LogP contribution in [0.4, 0.5) is 0 Å². The summed E-state index contributed by atoms with van der Waals surface area (Å²) in [5, 5.41) is 2.99. The van der Waals surface area contributed by atoms with Gasteiger partial charge in [0.1, 0.15) is 5.78 Å². The highest BCUT2D eigenvalue weighted by Gasteiger charge is 2.32. The van der Waals surface area contributed by atoms with Crippen LogP contribution in [-0.4, -0.2) is 18.1 Å². The first-order valence-electron chi connectivity index (χ1n) is 7.55. The summed E-state index contributed by atoms with van der Waals surface area (Å²) in [4.78, 5) is 10.3. The lowest BCUT2D eigenvalue weighted by Crippen LogP contribution is -2.19. The molecule has 0 aromatic heterocycles. The monoisotopic (exact) mass is 299 g/mol. The average molecular weight is 299 g/mol. The van der Waals surface area contributed by atoms with Crippen molar-refractivity contribution >= 4 is 7.37 Å². The minimum absolute atomic E-state index is 0.283. The molecule has 20 heavy (non-hydrogen) atoms. The van der Waals surface area contributed by atoms with Crippen LogP contribution in [0, 0.1) is 5.92 Å². The molecule has 3 unspecified atom stereocenters. The van der Waals surface area contributed by atoms with Gasteiger partial charge in [-0.15, -0.1) is 0 Å². The molecule has 116 valence electrons. The van der Waals surface area contributed by atoms with Gasteiger partial charge in [0.05, 0.1) is 0 Å². The van der Waals surface area contributed by atoms with Gasteiger partial charge in [-0.1, -0.05) is 70.9 Å². The molecule has 0 saturated carbocycles. The lowest BCUT2D eigenvalue weighted by Gasteiger charge is -2.25. The van der Waals surface area contributed by atoms with Crippen LogP contribution in [0.2, 0.25) is 0 Å². The van der Waals surface area contributed by atoms with Crippen LogP contribution in [-0.2, 0) is 4.57 Å². The molecule has 0 radical (unpaired) electrons. The third kappa shape index (κ3) is 6.21. The number of rotatable bonds is 7. The predicted octanol–water partition coefficient (Wildman–Crippen LogP) is 4.64. The van der Waals surface area contributed by atoms with E-state index in [4.69, 9.17) is 0 Å². The highest BCUT2D eigenvalue weighted by molar-refractivity contribution is 7.58. The van der Waals surface area contributed by atoms with E-state index in [9.17, 15) is 9.46 Å². The second kappa shape index (κ2) is 10.1. The second-order valence-electron chi connectivity index (χ2n) is 4.93. The largest absolute Gasteiger partial charge is 0.343 e. The molecule has 2 N–H and O–H groups in total. The first-order valence-corrected chi connectivity index (χ1v) is 9.46. The Morgan fingerprint density at radius 3 is 2.25 bits per heavy atom. The molecule has 0 aliphatic rings. The average Bonchev–Trinajstić information content (AvgIpc) is 2.42. The zero-order valence-electron chi connectivity index (χ0n) is 13.5. The Labute approximate surface area is 124 Å². The van der Waals surface area contributed by atoms with Crippen molar-refractivity contribution in [3.8, 4) is 0 Å². The van der Waals surface area contributed by atoms with Crippen molar-refractivity contribution in [1.29, 1.82) is 0 Å². The van der Waals surface area contributed by atoms with E-state index in [1.165, 1.54) is 0 Å². The summed E-state index contributed by atoms with van der Waals surface area (Å²) in [5.74, 6) is -0.177. The molecule has 0 spiro atoms. The Morgan fingerprint density at radius 1 is 1.25 bits per heavy atom. The first-order chi connectivity index (χ1) is 9.51. The topological polar surface area (TPSA) is 49.3 Å². The molecule has 0 aliphatic carbocycles. The molecule has 3 atom stereocenters. The van der Waals surface area contributed by atoms with E-state index in [1.54, 1.807) is 7.05 Å². The normalized spacial score (nSPS) is 16.5. The van der Waals surface area contributed by atoms with Crippen LogP contribution in [0.15, 0.2) is 30.3 Å². The standard InChI is InChI=1S/C14H24NO2P.C2H6/c1-4-8-12(2)11-18(16,17)14(15-3)13-9-6-5-7-10-13;1-2/h5-7,9-10,12,14-15H,4,8,11H2,1-3H3,(H,16,17);1-2H3. The molecule has 1 aromatic carbocycles. The van der Waals surface area contributed by atoms with Gasteiger partial charge in [-0.2, -0.15) is 0 Å². The smallest absolute Gasteiger partial charge is 0.221 e. The third-order valence-electron chi connectivity index (χ3n) is 3.15. The van der Waals surface area contributed by atoms with Crippen molar-refractivity contribution in [3.05, 3.63) is 35.9 Å². The van der Waals surface area contributed by atoms with E-state index in [0.717, 1.165) is 18.4 Å². The van der Waals surface area contributed by atoms with E-state index in [2.05, 4.69) is 12.2 Å². The van der Waals surface area contributed by atoms with Crippen LogP contribution in [0.1, 0.15) is 51.9 Å². The highest BCUT2D eigenvalue weighted by atomic mass is 31.2. The lowest BCUT2D eigenvalue weighted by atomic mass is 10.1. The molecule has 0 saturated heterocycles. The van der Waals surface area contributed by atoms with Crippen LogP contribution in [0.25, 0.3) is 0 Å². The molecule has 4 heteroatoms. The van der Waals surface area contributed by atoms with E-state index < -0.39 is 13.2 Å². The highest BCUT2D eigenvalue weighted by Crippen LogP contribution is 2.55. The maximum Gasteiger partial charge on any atom is 0.221 e. The molecule has 1 aromatic rings. The molecule has 0 heterocycles. The SMILES string of the molecule is CC.CCCC(C)CP(=O)(O)C(NC)c1ccccc1. The molecule has 0 fully saturated rings. The van der Waals surface area contributed by atoms with Gasteiger partial charge in [-0.05, 0) is 18.5 Å². The molecule has 3 nitrogen and oxygen atoms in total.